The molecule has 0 radical (unpaired) electrons. The summed E-state index contributed by atoms with van der Waals surface area (Å²) in [5, 5.41) is 22.9. The van der Waals surface area contributed by atoms with E-state index in [1.165, 1.54) is 0 Å². The molecule has 7 nitrogen and oxygen atoms in total. The smallest absolute Gasteiger partial charge is 0.226 e. The summed E-state index contributed by atoms with van der Waals surface area (Å²) < 4.78 is 0. The second-order valence-corrected chi connectivity index (χ2v) is 4.62. The van der Waals surface area contributed by atoms with Crippen LogP contribution in [0.1, 0.15) is 5.56 Å². The summed E-state index contributed by atoms with van der Waals surface area (Å²) in [6, 6.07) is 7.05. The highest BCUT2D eigenvalue weighted by Gasteiger charge is 2.11. The van der Waals surface area contributed by atoms with Gasteiger partial charge in [0, 0.05) is 7.05 Å². The first-order valence-corrected chi connectivity index (χ1v) is 6.44. The molecular formula is C13H10ClN7. The topological polar surface area (TPSA) is 102 Å². The number of nitrogens with zero attached hydrogens (tertiary/aromatic N) is 4. The number of nitriles is 1. The average molecular weight is 300 g/mol. The van der Waals surface area contributed by atoms with Gasteiger partial charge >= 0.3 is 0 Å². The molecule has 0 aliphatic carbocycles. The number of benzene rings is 1. The number of anilines is 3. The van der Waals surface area contributed by atoms with E-state index in [-0.39, 0.29) is 0 Å². The standard InChI is InChI=1S/C13H10ClN7/c1-16-13-19-11(8-6-17-21-12(8)20-13)18-10-4-7(5-15)2-3-9(10)14/h2-4,6H,1H3,(H3,16,17,18,19,20,21). The van der Waals surface area contributed by atoms with Gasteiger partial charge in [-0.1, -0.05) is 11.6 Å². The fourth-order valence-electron chi connectivity index (χ4n) is 1.86. The number of H-pyrrole nitrogens is 1. The van der Waals surface area contributed by atoms with Gasteiger partial charge in [0.25, 0.3) is 0 Å². The molecule has 0 amide bonds. The quantitative estimate of drug-likeness (QED) is 0.687. The number of hydrogen-bond donors (Lipinski definition) is 3. The van der Waals surface area contributed by atoms with Crippen LogP contribution < -0.4 is 10.6 Å². The van der Waals surface area contributed by atoms with Crippen molar-refractivity contribution in [2.24, 2.45) is 0 Å². The lowest BCUT2D eigenvalue weighted by Crippen LogP contribution is -2.02. The van der Waals surface area contributed by atoms with Crippen molar-refractivity contribution in [2.45, 2.75) is 0 Å². The molecule has 0 atom stereocenters. The van der Waals surface area contributed by atoms with Crippen molar-refractivity contribution in [3.8, 4) is 6.07 Å². The van der Waals surface area contributed by atoms with Gasteiger partial charge in [-0.3, -0.25) is 5.10 Å². The number of rotatable bonds is 3. The van der Waals surface area contributed by atoms with Crippen molar-refractivity contribution in [2.75, 3.05) is 17.7 Å². The van der Waals surface area contributed by atoms with Crippen molar-refractivity contribution in [1.29, 1.82) is 5.26 Å². The van der Waals surface area contributed by atoms with E-state index in [0.29, 0.717) is 33.7 Å². The van der Waals surface area contributed by atoms with Gasteiger partial charge in [0.15, 0.2) is 5.65 Å². The number of aromatic amines is 1. The summed E-state index contributed by atoms with van der Waals surface area (Å²) in [6.45, 7) is 0. The molecule has 3 N–H and O–H groups in total. The van der Waals surface area contributed by atoms with Gasteiger partial charge < -0.3 is 10.6 Å². The SMILES string of the molecule is CNc1nc(Nc2cc(C#N)ccc2Cl)c2cn[nH]c2n1. The molecule has 2 aromatic heterocycles. The minimum Gasteiger partial charge on any atom is -0.357 e. The summed E-state index contributed by atoms with van der Waals surface area (Å²) in [4.78, 5) is 8.60. The molecule has 3 rings (SSSR count). The van der Waals surface area contributed by atoms with Gasteiger partial charge in [0.05, 0.1) is 33.9 Å². The molecule has 21 heavy (non-hydrogen) atoms. The molecular weight excluding hydrogens is 290 g/mol. The van der Waals surface area contributed by atoms with Crippen molar-refractivity contribution >= 4 is 40.1 Å². The molecule has 2 heterocycles. The molecule has 1 aromatic carbocycles. The Morgan fingerprint density at radius 3 is 2.95 bits per heavy atom. The third-order valence-corrected chi connectivity index (χ3v) is 3.21. The first-order valence-electron chi connectivity index (χ1n) is 6.07. The monoisotopic (exact) mass is 299 g/mol. The molecule has 104 valence electrons. The van der Waals surface area contributed by atoms with Crippen LogP contribution in [0.15, 0.2) is 24.4 Å². The van der Waals surface area contributed by atoms with E-state index in [4.69, 9.17) is 16.9 Å². The Labute approximate surface area is 125 Å². The second kappa shape index (κ2) is 5.26. The zero-order valence-corrected chi connectivity index (χ0v) is 11.7. The van der Waals surface area contributed by atoms with Gasteiger partial charge in [-0.15, -0.1) is 0 Å². The summed E-state index contributed by atoms with van der Waals surface area (Å²) in [5.74, 6) is 0.997. The molecule has 3 aromatic rings. The summed E-state index contributed by atoms with van der Waals surface area (Å²) in [7, 11) is 1.73. The van der Waals surface area contributed by atoms with E-state index in [2.05, 4.69) is 36.9 Å². The van der Waals surface area contributed by atoms with E-state index in [1.54, 1.807) is 31.4 Å². The Hall–Kier alpha value is -2.85. The van der Waals surface area contributed by atoms with Crippen LogP contribution in [-0.4, -0.2) is 27.2 Å². The van der Waals surface area contributed by atoms with Crippen LogP contribution in [0.4, 0.5) is 17.5 Å². The largest absolute Gasteiger partial charge is 0.357 e. The summed E-state index contributed by atoms with van der Waals surface area (Å²) >= 11 is 6.15. The maximum Gasteiger partial charge on any atom is 0.226 e. The lowest BCUT2D eigenvalue weighted by Gasteiger charge is -2.10. The minimum absolute atomic E-state index is 0.446. The Morgan fingerprint density at radius 2 is 2.19 bits per heavy atom. The van der Waals surface area contributed by atoms with Gasteiger partial charge in [0.1, 0.15) is 5.82 Å². The Balaban J connectivity index is 2.09. The van der Waals surface area contributed by atoms with Crippen molar-refractivity contribution in [3.05, 3.63) is 35.0 Å². The minimum atomic E-state index is 0.446. The van der Waals surface area contributed by atoms with Gasteiger partial charge in [0.2, 0.25) is 5.95 Å². The van der Waals surface area contributed by atoms with Crippen LogP contribution in [0, 0.1) is 11.3 Å². The van der Waals surface area contributed by atoms with Crippen LogP contribution in [0.3, 0.4) is 0 Å². The number of halogens is 1. The molecule has 0 bridgehead atoms. The number of aromatic nitrogens is 4. The van der Waals surface area contributed by atoms with Crippen LogP contribution in [-0.2, 0) is 0 Å². The van der Waals surface area contributed by atoms with Gasteiger partial charge in [-0.25, -0.2) is 0 Å². The third-order valence-electron chi connectivity index (χ3n) is 2.88. The molecule has 0 saturated heterocycles. The molecule has 0 saturated carbocycles. The Bertz CT molecular complexity index is 849. The fourth-order valence-corrected chi connectivity index (χ4v) is 2.02. The average Bonchev–Trinajstić information content (AvgIpc) is 2.98. The second-order valence-electron chi connectivity index (χ2n) is 4.21. The van der Waals surface area contributed by atoms with Crippen LogP contribution in [0.25, 0.3) is 11.0 Å². The highest BCUT2D eigenvalue weighted by atomic mass is 35.5. The highest BCUT2D eigenvalue weighted by Crippen LogP contribution is 2.29. The van der Waals surface area contributed by atoms with E-state index >= 15 is 0 Å². The first kappa shape index (κ1) is 13.1. The van der Waals surface area contributed by atoms with Gasteiger partial charge in [-0.2, -0.15) is 20.3 Å². The molecule has 0 spiro atoms. The van der Waals surface area contributed by atoms with Gasteiger partial charge in [-0.05, 0) is 18.2 Å². The fraction of sp³-hybridized carbons (Fsp3) is 0.0769. The van der Waals surface area contributed by atoms with E-state index in [1.807, 2.05) is 0 Å². The zero-order valence-electron chi connectivity index (χ0n) is 11.0. The Morgan fingerprint density at radius 1 is 1.33 bits per heavy atom. The van der Waals surface area contributed by atoms with Crippen LogP contribution in [0.5, 0.6) is 0 Å². The predicted molar refractivity (Wildman–Crippen MR) is 80.7 cm³/mol. The zero-order chi connectivity index (χ0) is 14.8. The van der Waals surface area contributed by atoms with Crippen LogP contribution in [0.2, 0.25) is 5.02 Å². The van der Waals surface area contributed by atoms with E-state index < -0.39 is 0 Å². The lowest BCUT2D eigenvalue weighted by atomic mass is 10.2. The molecule has 0 aliphatic heterocycles. The van der Waals surface area contributed by atoms with Crippen molar-refractivity contribution in [1.82, 2.24) is 20.2 Å². The lowest BCUT2D eigenvalue weighted by molar-refractivity contribution is 1.09. The number of fused-ring (bicyclic) bond motifs is 1. The van der Waals surface area contributed by atoms with E-state index in [0.717, 1.165) is 5.39 Å². The molecule has 0 aliphatic rings. The number of nitrogens with one attached hydrogen (secondary N) is 3. The summed E-state index contributed by atoms with van der Waals surface area (Å²) in [5.41, 5.74) is 1.71. The normalized spacial score (nSPS) is 10.3. The maximum absolute atomic E-state index is 8.97. The molecule has 8 heteroatoms. The predicted octanol–water partition coefficient (Wildman–Crippen LogP) is 2.66. The van der Waals surface area contributed by atoms with Crippen molar-refractivity contribution < 1.29 is 0 Å². The number of hydrogen-bond acceptors (Lipinski definition) is 6. The maximum atomic E-state index is 8.97. The summed E-state index contributed by atoms with van der Waals surface area (Å²) in [6.07, 6.45) is 1.62. The first-order chi connectivity index (χ1) is 10.2. The Kier molecular flexibility index (Phi) is 3.30. The van der Waals surface area contributed by atoms with Crippen molar-refractivity contribution in [3.63, 3.8) is 0 Å². The molecule has 0 unspecified atom stereocenters. The molecule has 0 fully saturated rings. The highest BCUT2D eigenvalue weighted by molar-refractivity contribution is 6.33. The van der Waals surface area contributed by atoms with E-state index in [9.17, 15) is 0 Å². The third kappa shape index (κ3) is 2.44. The van der Waals surface area contributed by atoms with Crippen LogP contribution >= 0.6 is 11.6 Å².